The highest BCUT2D eigenvalue weighted by molar-refractivity contribution is 5.62. The minimum Gasteiger partial charge on any atom is -0.383 e. The summed E-state index contributed by atoms with van der Waals surface area (Å²) < 4.78 is 11.7. The molecule has 1 saturated carbocycles. The van der Waals surface area contributed by atoms with Gasteiger partial charge in [-0.25, -0.2) is 0 Å². The van der Waals surface area contributed by atoms with Gasteiger partial charge in [0.05, 0.1) is 29.4 Å². The fraction of sp³-hybridized carbons (Fsp3) is 0.611. The number of nitrogens with zero attached hydrogens (tertiary/aromatic N) is 2. The second-order valence-electron chi connectivity index (χ2n) is 7.48. The number of nitrogens with one attached hydrogen (secondary N) is 1. The molecule has 0 radical (unpaired) electrons. The van der Waals surface area contributed by atoms with Crippen molar-refractivity contribution in [1.82, 2.24) is 0 Å². The Balaban J connectivity index is 1.76. The van der Waals surface area contributed by atoms with Crippen LogP contribution in [0.15, 0.2) is 18.2 Å². The molecule has 1 spiro atoms. The van der Waals surface area contributed by atoms with Crippen LogP contribution < -0.4 is 5.32 Å². The lowest BCUT2D eigenvalue weighted by Gasteiger charge is -2.46. The number of nitro groups is 1. The first-order valence-corrected chi connectivity index (χ1v) is 8.56. The first-order chi connectivity index (χ1) is 11.9. The molecule has 0 aromatic heterocycles. The molecule has 2 fully saturated rings. The van der Waals surface area contributed by atoms with Gasteiger partial charge in [-0.2, -0.15) is 5.26 Å². The van der Waals surface area contributed by atoms with E-state index in [9.17, 15) is 15.4 Å². The Hall–Kier alpha value is -2.17. The Morgan fingerprint density at radius 1 is 1.36 bits per heavy atom. The second-order valence-corrected chi connectivity index (χ2v) is 7.48. The molecule has 25 heavy (non-hydrogen) atoms. The van der Waals surface area contributed by atoms with Gasteiger partial charge in [-0.1, -0.05) is 13.8 Å². The summed E-state index contributed by atoms with van der Waals surface area (Å²) in [6.45, 7) is 6.31. The third-order valence-electron chi connectivity index (χ3n) is 5.50. The number of benzene rings is 1. The van der Waals surface area contributed by atoms with Crippen molar-refractivity contribution in [3.05, 3.63) is 33.9 Å². The van der Waals surface area contributed by atoms with Crippen LogP contribution in [0.5, 0.6) is 0 Å². The van der Waals surface area contributed by atoms with E-state index in [0.29, 0.717) is 31.0 Å². The molecule has 1 unspecified atom stereocenters. The molecule has 1 heterocycles. The van der Waals surface area contributed by atoms with Crippen molar-refractivity contribution < 1.29 is 14.4 Å². The summed E-state index contributed by atoms with van der Waals surface area (Å²) in [5, 5.41) is 23.5. The summed E-state index contributed by atoms with van der Waals surface area (Å²) in [6.07, 6.45) is 2.65. The van der Waals surface area contributed by atoms with Gasteiger partial charge in [0, 0.05) is 31.5 Å². The van der Waals surface area contributed by atoms with E-state index in [4.69, 9.17) is 9.47 Å². The quantitative estimate of drug-likeness (QED) is 0.663. The molecule has 1 N–H and O–H groups in total. The molecule has 7 heteroatoms. The minimum atomic E-state index is -0.484. The lowest BCUT2D eigenvalue weighted by molar-refractivity contribution is -0.384. The van der Waals surface area contributed by atoms with E-state index >= 15 is 0 Å². The van der Waals surface area contributed by atoms with E-state index in [-0.39, 0.29) is 17.0 Å². The molecule has 2 aliphatic rings. The van der Waals surface area contributed by atoms with E-state index in [1.807, 2.05) is 0 Å². The zero-order chi connectivity index (χ0) is 18.1. The average molecular weight is 345 g/mol. The van der Waals surface area contributed by atoms with Gasteiger partial charge in [0.25, 0.3) is 5.69 Å². The predicted octanol–water partition coefficient (Wildman–Crippen LogP) is 3.45. The Morgan fingerprint density at radius 3 is 2.72 bits per heavy atom. The number of hydrogen-bond acceptors (Lipinski definition) is 6. The molecule has 1 aromatic carbocycles. The normalized spacial score (nSPS) is 24.0. The average Bonchev–Trinajstić information content (AvgIpc) is 3.04. The Morgan fingerprint density at radius 2 is 2.08 bits per heavy atom. The van der Waals surface area contributed by atoms with Crippen molar-refractivity contribution in [2.45, 2.75) is 38.9 Å². The van der Waals surface area contributed by atoms with Gasteiger partial charge in [0.15, 0.2) is 5.79 Å². The van der Waals surface area contributed by atoms with Crippen molar-refractivity contribution in [2.24, 2.45) is 11.3 Å². The van der Waals surface area contributed by atoms with Crippen LogP contribution in [0.25, 0.3) is 0 Å². The second kappa shape index (κ2) is 6.62. The van der Waals surface area contributed by atoms with Crippen LogP contribution in [0.1, 0.15) is 38.7 Å². The third-order valence-corrected chi connectivity index (χ3v) is 5.50. The van der Waals surface area contributed by atoms with E-state index in [1.165, 1.54) is 18.2 Å². The van der Waals surface area contributed by atoms with Gasteiger partial charge in [0.2, 0.25) is 0 Å². The van der Waals surface area contributed by atoms with E-state index in [2.05, 4.69) is 25.2 Å². The summed E-state index contributed by atoms with van der Waals surface area (Å²) >= 11 is 0. The highest BCUT2D eigenvalue weighted by Gasteiger charge is 2.47. The number of non-ortho nitro benzene ring substituents is 1. The van der Waals surface area contributed by atoms with Gasteiger partial charge in [-0.15, -0.1) is 0 Å². The molecule has 1 atom stereocenters. The van der Waals surface area contributed by atoms with Crippen LogP contribution in [0.2, 0.25) is 0 Å². The molecule has 1 aromatic rings. The number of rotatable bonds is 4. The summed E-state index contributed by atoms with van der Waals surface area (Å²) in [6, 6.07) is 6.34. The van der Waals surface area contributed by atoms with Gasteiger partial charge in [-0.05, 0) is 23.8 Å². The van der Waals surface area contributed by atoms with E-state index in [0.717, 1.165) is 19.3 Å². The van der Waals surface area contributed by atoms with Crippen molar-refractivity contribution >= 4 is 11.4 Å². The Bertz CT molecular complexity index is 705. The molecule has 1 aliphatic carbocycles. The Kier molecular flexibility index (Phi) is 4.67. The highest BCUT2D eigenvalue weighted by Crippen LogP contribution is 2.48. The minimum absolute atomic E-state index is 0.0247. The predicted molar refractivity (Wildman–Crippen MR) is 92.1 cm³/mol. The van der Waals surface area contributed by atoms with E-state index in [1.54, 1.807) is 0 Å². The molecule has 3 rings (SSSR count). The summed E-state index contributed by atoms with van der Waals surface area (Å²) in [5.41, 5.74) is 0.979. The topological polar surface area (TPSA) is 97.4 Å². The summed E-state index contributed by atoms with van der Waals surface area (Å²) in [4.78, 5) is 10.5. The van der Waals surface area contributed by atoms with Crippen LogP contribution in [0.4, 0.5) is 11.4 Å². The maximum absolute atomic E-state index is 11.0. The molecule has 0 amide bonds. The molecule has 7 nitrogen and oxygen atoms in total. The van der Waals surface area contributed by atoms with Crippen LogP contribution in [-0.4, -0.2) is 30.5 Å². The Labute approximate surface area is 147 Å². The molecule has 0 bridgehead atoms. The van der Waals surface area contributed by atoms with Crippen LogP contribution in [0, 0.1) is 32.8 Å². The fourth-order valence-electron chi connectivity index (χ4n) is 3.70. The van der Waals surface area contributed by atoms with Crippen LogP contribution in [0.3, 0.4) is 0 Å². The molecule has 1 aliphatic heterocycles. The van der Waals surface area contributed by atoms with Gasteiger partial charge >= 0.3 is 0 Å². The highest BCUT2D eigenvalue weighted by atomic mass is 16.7. The SMILES string of the molecule is CC1(C)CCC2(CC1CNc1cc([N+](=O)[O-])ccc1C#N)OCCO2. The van der Waals surface area contributed by atoms with Crippen molar-refractivity contribution in [3.63, 3.8) is 0 Å². The summed E-state index contributed by atoms with van der Waals surface area (Å²) in [5.74, 6) is -0.215. The van der Waals surface area contributed by atoms with Gasteiger partial charge in [-0.3, -0.25) is 10.1 Å². The van der Waals surface area contributed by atoms with Crippen molar-refractivity contribution in [1.29, 1.82) is 5.26 Å². The third kappa shape index (κ3) is 3.60. The number of anilines is 1. The molecular weight excluding hydrogens is 322 g/mol. The van der Waals surface area contributed by atoms with Crippen molar-refractivity contribution in [2.75, 3.05) is 25.1 Å². The standard InChI is InChI=1S/C18H23N3O4/c1-17(2)5-6-18(24-7-8-25-18)10-14(17)12-20-16-9-15(21(22)23)4-3-13(16)11-19/h3-4,9,14,20H,5-8,10,12H2,1-2H3. The van der Waals surface area contributed by atoms with Crippen molar-refractivity contribution in [3.8, 4) is 6.07 Å². The van der Waals surface area contributed by atoms with E-state index < -0.39 is 10.7 Å². The zero-order valence-electron chi connectivity index (χ0n) is 14.6. The molecule has 1 saturated heterocycles. The summed E-state index contributed by atoms with van der Waals surface area (Å²) in [7, 11) is 0. The largest absolute Gasteiger partial charge is 0.383 e. The lowest BCUT2D eigenvalue weighted by Crippen LogP contribution is -2.46. The lowest BCUT2D eigenvalue weighted by atomic mass is 9.66. The zero-order valence-corrected chi connectivity index (χ0v) is 14.6. The first kappa shape index (κ1) is 17.6. The van der Waals surface area contributed by atoms with Gasteiger partial charge < -0.3 is 14.8 Å². The first-order valence-electron chi connectivity index (χ1n) is 8.56. The van der Waals surface area contributed by atoms with Gasteiger partial charge in [0.1, 0.15) is 6.07 Å². The number of hydrogen-bond donors (Lipinski definition) is 1. The number of ether oxygens (including phenoxy) is 2. The number of nitriles is 1. The maximum atomic E-state index is 11.0. The molecular formula is C18H23N3O4. The monoisotopic (exact) mass is 345 g/mol. The smallest absolute Gasteiger partial charge is 0.271 e. The van der Waals surface area contributed by atoms with Crippen LogP contribution >= 0.6 is 0 Å². The maximum Gasteiger partial charge on any atom is 0.271 e. The molecule has 134 valence electrons. The van der Waals surface area contributed by atoms with Crippen LogP contribution in [-0.2, 0) is 9.47 Å². The number of nitro benzene ring substituents is 1. The fourth-order valence-corrected chi connectivity index (χ4v) is 3.70.